The largest absolute Gasteiger partial charge is 0.508 e. The molecule has 14 heavy (non-hydrogen) atoms. The predicted molar refractivity (Wildman–Crippen MR) is 53.9 cm³/mol. The first-order valence-electron chi connectivity index (χ1n) is 4.91. The minimum Gasteiger partial charge on any atom is -0.508 e. The molecule has 2 rings (SSSR count). The molecule has 0 aromatic heterocycles. The van der Waals surface area contributed by atoms with E-state index in [2.05, 4.69) is 5.48 Å². The number of hydrogen-bond donors (Lipinski definition) is 2. The molecule has 0 aliphatic heterocycles. The molecule has 1 aliphatic carbocycles. The van der Waals surface area contributed by atoms with Crippen LogP contribution in [0.5, 0.6) is 5.75 Å². The van der Waals surface area contributed by atoms with Gasteiger partial charge in [-0.3, -0.25) is 0 Å². The lowest BCUT2D eigenvalue weighted by atomic mass is 9.88. The Morgan fingerprint density at radius 2 is 2.36 bits per heavy atom. The second kappa shape index (κ2) is 3.98. The molecule has 0 heterocycles. The smallest absolute Gasteiger partial charge is 0.115 e. The van der Waals surface area contributed by atoms with Crippen molar-refractivity contribution < 1.29 is 9.94 Å². The van der Waals surface area contributed by atoms with E-state index in [-0.39, 0.29) is 6.04 Å². The minimum atomic E-state index is 0.268. The number of aromatic hydroxyl groups is 1. The first kappa shape index (κ1) is 9.49. The molecule has 1 aromatic carbocycles. The summed E-state index contributed by atoms with van der Waals surface area (Å²) in [4.78, 5) is 4.96. The molecule has 3 heteroatoms. The molecule has 1 atom stereocenters. The zero-order valence-corrected chi connectivity index (χ0v) is 8.29. The average Bonchev–Trinajstić information content (AvgIpc) is 2.18. The summed E-state index contributed by atoms with van der Waals surface area (Å²) in [5, 5.41) is 9.35. The summed E-state index contributed by atoms with van der Waals surface area (Å²) in [6.07, 6.45) is 3.27. The maximum absolute atomic E-state index is 9.35. The first-order chi connectivity index (χ1) is 6.81. The Hall–Kier alpha value is -1.06. The van der Waals surface area contributed by atoms with Crippen LogP contribution in [0.3, 0.4) is 0 Å². The standard InChI is InChI=1S/C11H15NO2/c1-14-12-11-4-2-3-8-7-9(13)5-6-10(8)11/h5-7,11-13H,2-4H2,1H3. The van der Waals surface area contributed by atoms with Gasteiger partial charge in [0.25, 0.3) is 0 Å². The first-order valence-corrected chi connectivity index (χ1v) is 4.91. The number of phenols is 1. The van der Waals surface area contributed by atoms with E-state index >= 15 is 0 Å². The summed E-state index contributed by atoms with van der Waals surface area (Å²) in [5.74, 6) is 0.349. The fourth-order valence-electron chi connectivity index (χ4n) is 2.07. The van der Waals surface area contributed by atoms with Gasteiger partial charge in [0.1, 0.15) is 5.75 Å². The molecular formula is C11H15NO2. The van der Waals surface area contributed by atoms with Gasteiger partial charge >= 0.3 is 0 Å². The third-order valence-electron chi connectivity index (χ3n) is 2.70. The zero-order valence-electron chi connectivity index (χ0n) is 8.29. The van der Waals surface area contributed by atoms with Crippen LogP contribution in [0.1, 0.15) is 30.0 Å². The van der Waals surface area contributed by atoms with Gasteiger partial charge in [-0.1, -0.05) is 6.07 Å². The van der Waals surface area contributed by atoms with E-state index in [1.807, 2.05) is 12.1 Å². The Bertz CT molecular complexity index is 325. The van der Waals surface area contributed by atoms with Crippen LogP contribution in [-0.4, -0.2) is 12.2 Å². The topological polar surface area (TPSA) is 41.5 Å². The van der Waals surface area contributed by atoms with Crippen molar-refractivity contribution in [2.75, 3.05) is 7.11 Å². The van der Waals surface area contributed by atoms with Gasteiger partial charge in [-0.05, 0) is 42.5 Å². The molecule has 0 fully saturated rings. The van der Waals surface area contributed by atoms with Crippen LogP contribution in [-0.2, 0) is 11.3 Å². The lowest BCUT2D eigenvalue weighted by molar-refractivity contribution is 0.0551. The summed E-state index contributed by atoms with van der Waals surface area (Å²) >= 11 is 0. The highest BCUT2D eigenvalue weighted by atomic mass is 16.6. The molecule has 0 bridgehead atoms. The van der Waals surface area contributed by atoms with Crippen molar-refractivity contribution in [3.63, 3.8) is 0 Å². The van der Waals surface area contributed by atoms with Crippen LogP contribution in [0.2, 0.25) is 0 Å². The maximum Gasteiger partial charge on any atom is 0.115 e. The summed E-state index contributed by atoms with van der Waals surface area (Å²) in [7, 11) is 1.63. The van der Waals surface area contributed by atoms with E-state index in [0.717, 1.165) is 19.3 Å². The number of benzene rings is 1. The van der Waals surface area contributed by atoms with E-state index in [9.17, 15) is 5.11 Å². The number of rotatable bonds is 2. The Labute approximate surface area is 83.7 Å². The van der Waals surface area contributed by atoms with Crippen LogP contribution in [0.25, 0.3) is 0 Å². The fraction of sp³-hybridized carbons (Fsp3) is 0.455. The van der Waals surface area contributed by atoms with Crippen LogP contribution in [0.4, 0.5) is 0 Å². The highest BCUT2D eigenvalue weighted by Crippen LogP contribution is 2.31. The summed E-state index contributed by atoms with van der Waals surface area (Å²) < 4.78 is 0. The third kappa shape index (κ3) is 1.74. The van der Waals surface area contributed by atoms with Crippen LogP contribution in [0.15, 0.2) is 18.2 Å². The van der Waals surface area contributed by atoms with E-state index in [1.165, 1.54) is 11.1 Å². The van der Waals surface area contributed by atoms with Gasteiger partial charge in [-0.15, -0.1) is 0 Å². The quantitative estimate of drug-likeness (QED) is 0.705. The average molecular weight is 193 g/mol. The number of hydrogen-bond acceptors (Lipinski definition) is 3. The number of phenolic OH excluding ortho intramolecular Hbond substituents is 1. The summed E-state index contributed by atoms with van der Waals surface area (Å²) in [5.41, 5.74) is 5.45. The van der Waals surface area contributed by atoms with Crippen molar-refractivity contribution >= 4 is 0 Å². The molecule has 1 aromatic rings. The molecule has 2 N–H and O–H groups in total. The van der Waals surface area contributed by atoms with Crippen molar-refractivity contribution in [2.24, 2.45) is 0 Å². The molecule has 0 amide bonds. The fourth-order valence-corrected chi connectivity index (χ4v) is 2.07. The number of nitrogens with one attached hydrogen (secondary N) is 1. The highest BCUT2D eigenvalue weighted by Gasteiger charge is 2.19. The second-order valence-corrected chi connectivity index (χ2v) is 3.65. The Morgan fingerprint density at radius 3 is 3.14 bits per heavy atom. The van der Waals surface area contributed by atoms with E-state index in [1.54, 1.807) is 13.2 Å². The Kier molecular flexibility index (Phi) is 2.70. The Balaban J connectivity index is 2.30. The van der Waals surface area contributed by atoms with Gasteiger partial charge < -0.3 is 9.94 Å². The van der Waals surface area contributed by atoms with Gasteiger partial charge in [-0.2, -0.15) is 5.48 Å². The number of aryl methyl sites for hydroxylation is 1. The lowest BCUT2D eigenvalue weighted by Crippen LogP contribution is -2.24. The molecule has 1 aliphatic rings. The van der Waals surface area contributed by atoms with Crippen molar-refractivity contribution in [1.29, 1.82) is 0 Å². The summed E-state index contributed by atoms with van der Waals surface area (Å²) in [6, 6.07) is 5.82. The molecule has 0 saturated heterocycles. The van der Waals surface area contributed by atoms with Crippen LogP contribution >= 0.6 is 0 Å². The zero-order chi connectivity index (χ0) is 9.97. The van der Waals surface area contributed by atoms with Gasteiger partial charge in [0.15, 0.2) is 0 Å². The number of fused-ring (bicyclic) bond motifs is 1. The van der Waals surface area contributed by atoms with Gasteiger partial charge in [0, 0.05) is 0 Å². The van der Waals surface area contributed by atoms with Crippen molar-refractivity contribution in [2.45, 2.75) is 25.3 Å². The highest BCUT2D eigenvalue weighted by molar-refractivity contribution is 5.38. The molecule has 3 nitrogen and oxygen atoms in total. The van der Waals surface area contributed by atoms with Crippen LogP contribution in [0, 0.1) is 0 Å². The lowest BCUT2D eigenvalue weighted by Gasteiger charge is -2.25. The molecule has 1 unspecified atom stereocenters. The monoisotopic (exact) mass is 193 g/mol. The van der Waals surface area contributed by atoms with Crippen molar-refractivity contribution in [3.05, 3.63) is 29.3 Å². The van der Waals surface area contributed by atoms with E-state index < -0.39 is 0 Å². The van der Waals surface area contributed by atoms with Crippen molar-refractivity contribution in [3.8, 4) is 5.75 Å². The predicted octanol–water partition coefficient (Wildman–Crippen LogP) is 1.92. The van der Waals surface area contributed by atoms with Crippen LogP contribution < -0.4 is 5.48 Å². The van der Waals surface area contributed by atoms with E-state index in [0.29, 0.717) is 5.75 Å². The summed E-state index contributed by atoms with van der Waals surface area (Å²) in [6.45, 7) is 0. The van der Waals surface area contributed by atoms with Crippen molar-refractivity contribution in [1.82, 2.24) is 5.48 Å². The number of hydroxylamine groups is 1. The SMILES string of the molecule is CONC1CCCc2cc(O)ccc21. The van der Waals surface area contributed by atoms with E-state index in [4.69, 9.17) is 4.84 Å². The van der Waals surface area contributed by atoms with Gasteiger partial charge in [0.2, 0.25) is 0 Å². The third-order valence-corrected chi connectivity index (χ3v) is 2.70. The maximum atomic E-state index is 9.35. The van der Waals surface area contributed by atoms with Gasteiger partial charge in [-0.25, -0.2) is 0 Å². The molecule has 0 saturated carbocycles. The Morgan fingerprint density at radius 1 is 1.50 bits per heavy atom. The molecule has 0 radical (unpaired) electrons. The molecule has 0 spiro atoms. The van der Waals surface area contributed by atoms with Gasteiger partial charge in [0.05, 0.1) is 13.2 Å². The molecular weight excluding hydrogens is 178 g/mol. The normalized spacial score (nSPS) is 20.5. The molecule has 76 valence electrons. The minimum absolute atomic E-state index is 0.268. The second-order valence-electron chi connectivity index (χ2n) is 3.65.